The van der Waals surface area contributed by atoms with E-state index in [2.05, 4.69) is 16.7 Å². The second kappa shape index (κ2) is 6.80. The molecule has 0 radical (unpaired) electrons. The molecule has 3 N–H and O–H groups in total. The van der Waals surface area contributed by atoms with Crippen molar-refractivity contribution in [3.8, 4) is 0 Å². The van der Waals surface area contributed by atoms with Crippen molar-refractivity contribution in [2.24, 2.45) is 5.84 Å². The van der Waals surface area contributed by atoms with E-state index in [9.17, 15) is 4.79 Å². The number of hydrogen-bond acceptors (Lipinski definition) is 6. The summed E-state index contributed by atoms with van der Waals surface area (Å²) in [6.07, 6.45) is 1.59. The number of morpholine rings is 1. The van der Waals surface area contributed by atoms with E-state index in [0.717, 1.165) is 19.6 Å². The Morgan fingerprint density at radius 3 is 3.06 bits per heavy atom. The van der Waals surface area contributed by atoms with Crippen molar-refractivity contribution in [3.05, 3.63) is 0 Å². The van der Waals surface area contributed by atoms with Crippen LogP contribution in [-0.4, -0.2) is 42.7 Å². The van der Waals surface area contributed by atoms with Crippen LogP contribution in [0, 0.1) is 0 Å². The third-order valence-electron chi connectivity index (χ3n) is 2.83. The van der Waals surface area contributed by atoms with Gasteiger partial charge >= 0.3 is 5.97 Å². The van der Waals surface area contributed by atoms with Gasteiger partial charge in [0.25, 0.3) is 0 Å². The van der Waals surface area contributed by atoms with E-state index >= 15 is 0 Å². The van der Waals surface area contributed by atoms with Gasteiger partial charge in [0.15, 0.2) is 0 Å². The van der Waals surface area contributed by atoms with Gasteiger partial charge in [0.2, 0.25) is 0 Å². The average molecular weight is 231 g/mol. The molecule has 1 aliphatic heterocycles. The van der Waals surface area contributed by atoms with Crippen LogP contribution >= 0.6 is 0 Å². The predicted molar refractivity (Wildman–Crippen MR) is 59.1 cm³/mol. The summed E-state index contributed by atoms with van der Waals surface area (Å²) in [5, 5.41) is 0. The summed E-state index contributed by atoms with van der Waals surface area (Å²) in [4.78, 5) is 17.9. The molecular weight excluding hydrogens is 210 g/mol. The van der Waals surface area contributed by atoms with E-state index in [4.69, 9.17) is 10.6 Å². The van der Waals surface area contributed by atoms with Crippen molar-refractivity contribution in [1.29, 1.82) is 0 Å². The molecule has 0 saturated carbocycles. The van der Waals surface area contributed by atoms with Gasteiger partial charge < -0.3 is 9.57 Å². The molecule has 6 nitrogen and oxygen atoms in total. The Balaban J connectivity index is 2.34. The smallest absolute Gasteiger partial charge is 0.327 e. The highest BCUT2D eigenvalue weighted by atomic mass is 16.7. The molecule has 16 heavy (non-hydrogen) atoms. The number of rotatable bonds is 5. The molecule has 1 fully saturated rings. The maximum Gasteiger partial charge on any atom is 0.327 e. The Kier molecular flexibility index (Phi) is 5.68. The molecule has 0 amide bonds. The summed E-state index contributed by atoms with van der Waals surface area (Å²) < 4.78 is 5.58. The highest BCUT2D eigenvalue weighted by Crippen LogP contribution is 2.14. The maximum atomic E-state index is 11.1. The lowest BCUT2D eigenvalue weighted by molar-refractivity contribution is -0.152. The summed E-state index contributed by atoms with van der Waals surface area (Å²) >= 11 is 0. The summed E-state index contributed by atoms with van der Waals surface area (Å²) in [5.41, 5.74) is 1.90. The van der Waals surface area contributed by atoms with Crippen LogP contribution in [0.3, 0.4) is 0 Å². The summed E-state index contributed by atoms with van der Waals surface area (Å²) in [6, 6.07) is 0.398. The number of ether oxygens (including phenoxy) is 1. The van der Waals surface area contributed by atoms with Gasteiger partial charge in [-0.25, -0.2) is 5.84 Å². The molecule has 94 valence electrons. The third kappa shape index (κ3) is 4.05. The largest absolute Gasteiger partial charge is 0.376 e. The summed E-state index contributed by atoms with van der Waals surface area (Å²) in [6.45, 7) is 6.45. The lowest BCUT2D eigenvalue weighted by Gasteiger charge is -2.38. The molecule has 1 heterocycles. The van der Waals surface area contributed by atoms with Gasteiger partial charge in [0.1, 0.15) is 0 Å². The van der Waals surface area contributed by atoms with Crippen molar-refractivity contribution in [2.75, 3.05) is 19.7 Å². The first-order valence-corrected chi connectivity index (χ1v) is 5.68. The highest BCUT2D eigenvalue weighted by Gasteiger charge is 2.25. The number of hydrazine groups is 1. The molecule has 2 unspecified atom stereocenters. The molecule has 0 aromatic heterocycles. The fourth-order valence-electron chi connectivity index (χ4n) is 1.91. The zero-order chi connectivity index (χ0) is 12.0. The first-order valence-electron chi connectivity index (χ1n) is 5.68. The van der Waals surface area contributed by atoms with Crippen LogP contribution in [0.4, 0.5) is 0 Å². The Morgan fingerprint density at radius 1 is 1.69 bits per heavy atom. The maximum absolute atomic E-state index is 11.1. The van der Waals surface area contributed by atoms with Crippen LogP contribution in [0.2, 0.25) is 0 Å². The molecule has 0 aromatic rings. The fraction of sp³-hybridized carbons (Fsp3) is 0.900. The van der Waals surface area contributed by atoms with Crippen LogP contribution in [0.15, 0.2) is 0 Å². The molecule has 0 spiro atoms. The first-order chi connectivity index (χ1) is 7.67. The van der Waals surface area contributed by atoms with Gasteiger partial charge in [-0.15, -0.1) is 0 Å². The van der Waals surface area contributed by atoms with E-state index in [1.54, 1.807) is 0 Å². The first kappa shape index (κ1) is 13.4. The van der Waals surface area contributed by atoms with Gasteiger partial charge in [-0.3, -0.25) is 9.69 Å². The van der Waals surface area contributed by atoms with Crippen LogP contribution in [0.5, 0.6) is 0 Å². The predicted octanol–water partition coefficient (Wildman–Crippen LogP) is -0.203. The Labute approximate surface area is 96.0 Å². The fourth-order valence-corrected chi connectivity index (χ4v) is 1.91. The molecule has 1 saturated heterocycles. The van der Waals surface area contributed by atoms with Crippen molar-refractivity contribution in [3.63, 3.8) is 0 Å². The number of nitrogens with two attached hydrogens (primary N) is 1. The number of nitrogens with one attached hydrogen (secondary N) is 1. The van der Waals surface area contributed by atoms with E-state index in [-0.39, 0.29) is 12.1 Å². The highest BCUT2D eigenvalue weighted by molar-refractivity contribution is 5.69. The monoisotopic (exact) mass is 231 g/mol. The molecule has 1 aliphatic rings. The topological polar surface area (TPSA) is 76.8 Å². The minimum atomic E-state index is -0.337. The molecule has 6 heteroatoms. The zero-order valence-corrected chi connectivity index (χ0v) is 9.94. The third-order valence-corrected chi connectivity index (χ3v) is 2.83. The molecular formula is C10H21N3O3. The van der Waals surface area contributed by atoms with E-state index < -0.39 is 0 Å². The van der Waals surface area contributed by atoms with Gasteiger partial charge in [-0.2, -0.15) is 0 Å². The lowest BCUT2D eigenvalue weighted by Crippen LogP contribution is -2.49. The van der Waals surface area contributed by atoms with Gasteiger partial charge in [0.05, 0.1) is 19.1 Å². The number of carbonyl (C=O) groups excluding carboxylic acids is 1. The summed E-state index contributed by atoms with van der Waals surface area (Å²) in [7, 11) is 0. The van der Waals surface area contributed by atoms with Crippen LogP contribution in [-0.2, 0) is 14.4 Å². The Morgan fingerprint density at radius 2 is 2.44 bits per heavy atom. The quantitative estimate of drug-likeness (QED) is 0.504. The average Bonchev–Trinajstić information content (AvgIpc) is 2.27. The molecule has 0 bridgehead atoms. The number of carbonyl (C=O) groups is 1. The van der Waals surface area contributed by atoms with Crippen LogP contribution < -0.4 is 11.4 Å². The second-order valence-electron chi connectivity index (χ2n) is 4.04. The van der Waals surface area contributed by atoms with Gasteiger partial charge in [-0.05, 0) is 13.3 Å². The van der Waals surface area contributed by atoms with Crippen molar-refractivity contribution >= 4 is 5.97 Å². The Bertz CT molecular complexity index is 225. The zero-order valence-electron chi connectivity index (χ0n) is 9.94. The van der Waals surface area contributed by atoms with Crippen LogP contribution in [0.1, 0.15) is 26.7 Å². The van der Waals surface area contributed by atoms with Crippen molar-refractivity contribution < 1.29 is 14.4 Å². The lowest BCUT2D eigenvalue weighted by atomic mass is 10.1. The van der Waals surface area contributed by atoms with Crippen molar-refractivity contribution in [2.45, 2.75) is 38.8 Å². The van der Waals surface area contributed by atoms with E-state index in [0.29, 0.717) is 19.0 Å². The van der Waals surface area contributed by atoms with Gasteiger partial charge in [-0.1, -0.05) is 12.5 Å². The minimum absolute atomic E-state index is 0.228. The second-order valence-corrected chi connectivity index (χ2v) is 4.04. The summed E-state index contributed by atoms with van der Waals surface area (Å²) in [5.74, 6) is 4.55. The van der Waals surface area contributed by atoms with E-state index in [1.165, 1.54) is 0 Å². The van der Waals surface area contributed by atoms with Gasteiger partial charge in [0, 0.05) is 19.1 Å². The minimum Gasteiger partial charge on any atom is -0.376 e. The molecule has 0 aliphatic carbocycles. The molecule has 2 atom stereocenters. The van der Waals surface area contributed by atoms with Crippen molar-refractivity contribution in [1.82, 2.24) is 10.5 Å². The Hall–Kier alpha value is -0.690. The molecule has 1 rings (SSSR count). The normalized spacial score (nSPS) is 26.7. The standard InChI is InChI=1S/C10H21N3O3/c1-3-9-7-15-8(2)6-13(9)5-4-10(14)16-12-11/h8-9,12H,3-7,11H2,1-2H3. The molecule has 0 aromatic carbocycles. The van der Waals surface area contributed by atoms with E-state index in [1.807, 2.05) is 12.5 Å². The number of nitrogens with zero attached hydrogens (tertiary/aromatic N) is 1. The SMILES string of the molecule is CCC1COC(C)CN1CCC(=O)ONN. The van der Waals surface area contributed by atoms with Crippen LogP contribution in [0.25, 0.3) is 0 Å². The number of hydrogen-bond donors (Lipinski definition) is 2.